The number of nitrogens with one attached hydrogen (secondary N) is 1. The number of halogens is 1. The van der Waals surface area contributed by atoms with Gasteiger partial charge < -0.3 is 9.88 Å². The fourth-order valence-electron chi connectivity index (χ4n) is 2.55. The van der Waals surface area contributed by atoms with Crippen LogP contribution in [0.2, 0.25) is 5.02 Å². The minimum absolute atomic E-state index is 0.334. The lowest BCUT2D eigenvalue weighted by atomic mass is 10.3. The fraction of sp³-hybridized carbons (Fsp3) is 0.235. The van der Waals surface area contributed by atoms with E-state index in [9.17, 15) is 0 Å². The topological polar surface area (TPSA) is 29.9 Å². The smallest absolute Gasteiger partial charge is 0.129 e. The van der Waals surface area contributed by atoms with Crippen molar-refractivity contribution in [2.24, 2.45) is 0 Å². The molecule has 1 N–H and O–H groups in total. The van der Waals surface area contributed by atoms with E-state index in [1.54, 1.807) is 0 Å². The summed E-state index contributed by atoms with van der Waals surface area (Å²) in [5.41, 5.74) is 3.17. The van der Waals surface area contributed by atoms with E-state index in [0.29, 0.717) is 12.6 Å². The van der Waals surface area contributed by atoms with Crippen LogP contribution in [0.5, 0.6) is 0 Å². The van der Waals surface area contributed by atoms with Crippen molar-refractivity contribution >= 4 is 28.3 Å². The first-order valence-corrected chi connectivity index (χ1v) is 7.48. The van der Waals surface area contributed by atoms with E-state index in [4.69, 9.17) is 16.6 Å². The zero-order chi connectivity index (χ0) is 14.8. The van der Waals surface area contributed by atoms with Crippen LogP contribution in [-0.2, 0) is 6.54 Å². The zero-order valence-electron chi connectivity index (χ0n) is 12.2. The third kappa shape index (κ3) is 2.88. The van der Waals surface area contributed by atoms with Gasteiger partial charge in [-0.3, -0.25) is 0 Å². The van der Waals surface area contributed by atoms with Gasteiger partial charge in [0.1, 0.15) is 5.82 Å². The molecule has 4 heteroatoms. The van der Waals surface area contributed by atoms with E-state index in [-0.39, 0.29) is 0 Å². The number of aromatic nitrogens is 2. The lowest BCUT2D eigenvalue weighted by molar-refractivity contribution is 0.589. The number of imidazole rings is 1. The van der Waals surface area contributed by atoms with Crippen LogP contribution in [0.1, 0.15) is 25.7 Å². The van der Waals surface area contributed by atoms with Crippen LogP contribution in [0.15, 0.2) is 48.5 Å². The first-order valence-electron chi connectivity index (χ1n) is 7.10. The molecule has 0 bridgehead atoms. The summed E-state index contributed by atoms with van der Waals surface area (Å²) >= 11 is 6.12. The molecule has 0 radical (unpaired) electrons. The van der Waals surface area contributed by atoms with E-state index < -0.39 is 0 Å². The average molecular weight is 300 g/mol. The molecule has 0 fully saturated rings. The minimum atomic E-state index is 0.334. The van der Waals surface area contributed by atoms with Crippen molar-refractivity contribution in [2.75, 3.05) is 5.32 Å². The van der Waals surface area contributed by atoms with Gasteiger partial charge >= 0.3 is 0 Å². The van der Waals surface area contributed by atoms with Crippen molar-refractivity contribution in [3.63, 3.8) is 0 Å². The Morgan fingerprint density at radius 1 is 1.14 bits per heavy atom. The van der Waals surface area contributed by atoms with Crippen LogP contribution in [0.25, 0.3) is 11.0 Å². The number of para-hydroxylation sites is 1. The molecule has 1 aromatic heterocycles. The van der Waals surface area contributed by atoms with Crippen molar-refractivity contribution in [2.45, 2.75) is 26.4 Å². The molecule has 3 nitrogen and oxygen atoms in total. The second-order valence-electron chi connectivity index (χ2n) is 5.34. The molecule has 108 valence electrons. The van der Waals surface area contributed by atoms with Gasteiger partial charge in [0, 0.05) is 16.8 Å². The predicted octanol–water partition coefficient (Wildman–Crippen LogP) is 4.88. The van der Waals surface area contributed by atoms with Gasteiger partial charge in [0.05, 0.1) is 17.6 Å². The summed E-state index contributed by atoms with van der Waals surface area (Å²) in [6.45, 7) is 5.01. The highest BCUT2D eigenvalue weighted by atomic mass is 35.5. The molecule has 1 heterocycles. The fourth-order valence-corrected chi connectivity index (χ4v) is 2.72. The summed E-state index contributed by atoms with van der Waals surface area (Å²) in [6, 6.07) is 16.3. The van der Waals surface area contributed by atoms with E-state index in [1.807, 2.05) is 36.4 Å². The van der Waals surface area contributed by atoms with Crippen LogP contribution in [0, 0.1) is 0 Å². The number of nitrogens with zero attached hydrogens (tertiary/aromatic N) is 2. The maximum Gasteiger partial charge on any atom is 0.129 e. The van der Waals surface area contributed by atoms with E-state index in [0.717, 1.165) is 27.6 Å². The van der Waals surface area contributed by atoms with Gasteiger partial charge in [-0.25, -0.2) is 4.98 Å². The summed E-state index contributed by atoms with van der Waals surface area (Å²) in [6.07, 6.45) is 0. The molecule has 0 unspecified atom stereocenters. The predicted molar refractivity (Wildman–Crippen MR) is 88.9 cm³/mol. The van der Waals surface area contributed by atoms with Crippen molar-refractivity contribution in [3.8, 4) is 0 Å². The van der Waals surface area contributed by atoms with Gasteiger partial charge in [-0.05, 0) is 44.2 Å². The lowest BCUT2D eigenvalue weighted by Gasteiger charge is -2.14. The molecule has 0 aliphatic rings. The third-order valence-corrected chi connectivity index (χ3v) is 3.70. The monoisotopic (exact) mass is 299 g/mol. The van der Waals surface area contributed by atoms with Gasteiger partial charge in [-0.1, -0.05) is 29.8 Å². The molecule has 0 spiro atoms. The Balaban J connectivity index is 1.96. The Bertz CT molecular complexity index is 747. The third-order valence-electron chi connectivity index (χ3n) is 3.47. The minimum Gasteiger partial charge on any atom is -0.378 e. The quantitative estimate of drug-likeness (QED) is 0.744. The maximum atomic E-state index is 6.12. The Kier molecular flexibility index (Phi) is 3.84. The van der Waals surface area contributed by atoms with Crippen LogP contribution < -0.4 is 5.32 Å². The molecule has 3 aromatic rings. The number of rotatable bonds is 4. The van der Waals surface area contributed by atoms with Gasteiger partial charge in [0.25, 0.3) is 0 Å². The molecule has 0 aliphatic heterocycles. The Morgan fingerprint density at radius 3 is 2.62 bits per heavy atom. The molecular formula is C17H18ClN3. The standard InChI is InChI=1S/C17H18ClN3/c1-12(2)21-16-10-13(18)8-9-15(16)20-17(21)11-19-14-6-4-3-5-7-14/h3-10,12,19H,11H2,1-2H3. The molecular weight excluding hydrogens is 282 g/mol. The molecule has 0 saturated heterocycles. The summed E-state index contributed by atoms with van der Waals surface area (Å²) in [5.74, 6) is 1.02. The molecule has 0 atom stereocenters. The van der Waals surface area contributed by atoms with Crippen molar-refractivity contribution in [3.05, 3.63) is 59.4 Å². The first kappa shape index (κ1) is 14.0. The highest BCUT2D eigenvalue weighted by Crippen LogP contribution is 2.24. The van der Waals surface area contributed by atoms with E-state index in [2.05, 4.69) is 35.9 Å². The molecule has 21 heavy (non-hydrogen) atoms. The summed E-state index contributed by atoms with van der Waals surface area (Å²) in [5, 5.41) is 4.16. The number of fused-ring (bicyclic) bond motifs is 1. The number of hydrogen-bond donors (Lipinski definition) is 1. The summed E-state index contributed by atoms with van der Waals surface area (Å²) < 4.78 is 2.23. The van der Waals surface area contributed by atoms with Crippen LogP contribution in [0.4, 0.5) is 5.69 Å². The second-order valence-corrected chi connectivity index (χ2v) is 5.78. The number of hydrogen-bond acceptors (Lipinski definition) is 2. The van der Waals surface area contributed by atoms with Crippen LogP contribution in [-0.4, -0.2) is 9.55 Å². The van der Waals surface area contributed by atoms with Gasteiger partial charge in [-0.2, -0.15) is 0 Å². The van der Waals surface area contributed by atoms with Crippen molar-refractivity contribution < 1.29 is 0 Å². The molecule has 3 rings (SSSR count). The highest BCUT2D eigenvalue weighted by Gasteiger charge is 2.13. The first-order chi connectivity index (χ1) is 10.1. The van der Waals surface area contributed by atoms with Crippen LogP contribution >= 0.6 is 11.6 Å². The Hall–Kier alpha value is -2.00. The maximum absolute atomic E-state index is 6.12. The Labute approximate surface area is 129 Å². The Morgan fingerprint density at radius 2 is 1.90 bits per heavy atom. The molecule has 0 aliphatic carbocycles. The van der Waals surface area contributed by atoms with E-state index >= 15 is 0 Å². The number of anilines is 1. The van der Waals surface area contributed by atoms with Crippen molar-refractivity contribution in [1.29, 1.82) is 0 Å². The molecule has 2 aromatic carbocycles. The zero-order valence-corrected chi connectivity index (χ0v) is 12.9. The average Bonchev–Trinajstić information content (AvgIpc) is 2.84. The summed E-state index contributed by atoms with van der Waals surface area (Å²) in [7, 11) is 0. The van der Waals surface area contributed by atoms with Gasteiger partial charge in [-0.15, -0.1) is 0 Å². The molecule has 0 amide bonds. The van der Waals surface area contributed by atoms with Crippen LogP contribution in [0.3, 0.4) is 0 Å². The largest absolute Gasteiger partial charge is 0.378 e. The van der Waals surface area contributed by atoms with Gasteiger partial charge in [0.2, 0.25) is 0 Å². The number of benzene rings is 2. The van der Waals surface area contributed by atoms with E-state index in [1.165, 1.54) is 0 Å². The molecule has 0 saturated carbocycles. The normalized spacial score (nSPS) is 11.2. The highest BCUT2D eigenvalue weighted by molar-refractivity contribution is 6.31. The van der Waals surface area contributed by atoms with Gasteiger partial charge in [0.15, 0.2) is 0 Å². The van der Waals surface area contributed by atoms with Crippen molar-refractivity contribution in [1.82, 2.24) is 9.55 Å². The summed E-state index contributed by atoms with van der Waals surface area (Å²) in [4.78, 5) is 4.73. The second kappa shape index (κ2) is 5.78. The SMILES string of the molecule is CC(C)n1c(CNc2ccccc2)nc2ccc(Cl)cc21. The lowest BCUT2D eigenvalue weighted by Crippen LogP contribution is -2.10.